The first-order valence-corrected chi connectivity index (χ1v) is 15.8. The molecule has 236 valence electrons. The molecule has 10 heteroatoms. The summed E-state index contributed by atoms with van der Waals surface area (Å²) >= 11 is 0. The topological polar surface area (TPSA) is 106 Å². The number of methoxy groups -OCH3 is 2. The minimum absolute atomic E-state index is 0.157. The Morgan fingerprint density at radius 1 is 1.07 bits per heavy atom. The highest BCUT2D eigenvalue weighted by Gasteiger charge is 2.47. The highest BCUT2D eigenvalue weighted by atomic mass is 16.5. The van der Waals surface area contributed by atoms with Gasteiger partial charge < -0.3 is 25.0 Å². The number of carbonyl (C=O) groups excluding carboxylic acids is 1. The lowest BCUT2D eigenvalue weighted by atomic mass is 10.00. The van der Waals surface area contributed by atoms with E-state index in [-0.39, 0.29) is 11.9 Å². The Morgan fingerprint density at radius 2 is 1.89 bits per heavy atom. The molecule has 45 heavy (non-hydrogen) atoms. The molecule has 2 fully saturated rings. The molecule has 6 rings (SSSR count). The first-order valence-electron chi connectivity index (χ1n) is 15.8. The van der Waals surface area contributed by atoms with Crippen LogP contribution in [-0.4, -0.2) is 53.0 Å². The average molecular weight is 610 g/mol. The maximum absolute atomic E-state index is 13.4. The number of pyridine rings is 2. The Kier molecular flexibility index (Phi) is 8.65. The monoisotopic (exact) mass is 609 g/mol. The number of anilines is 2. The van der Waals surface area contributed by atoms with Gasteiger partial charge in [-0.25, -0.2) is 9.97 Å². The molecule has 1 atom stereocenters. The summed E-state index contributed by atoms with van der Waals surface area (Å²) < 4.78 is 12.7. The van der Waals surface area contributed by atoms with E-state index in [4.69, 9.17) is 14.5 Å². The molecule has 1 aliphatic carbocycles. The van der Waals surface area contributed by atoms with Crippen molar-refractivity contribution in [3.05, 3.63) is 88.5 Å². The third kappa shape index (κ3) is 6.60. The van der Waals surface area contributed by atoms with Crippen LogP contribution < -0.4 is 25.0 Å². The van der Waals surface area contributed by atoms with Gasteiger partial charge in [-0.2, -0.15) is 5.10 Å². The number of rotatable bonds is 12. The second kappa shape index (κ2) is 12.8. The second-order valence-electron chi connectivity index (χ2n) is 12.4. The van der Waals surface area contributed by atoms with Crippen LogP contribution >= 0.6 is 0 Å². The molecular weight excluding hydrogens is 566 g/mol. The molecule has 4 heterocycles. The van der Waals surface area contributed by atoms with Crippen LogP contribution in [0.5, 0.6) is 11.5 Å². The third-order valence-corrected chi connectivity index (χ3v) is 9.40. The predicted octanol–water partition coefficient (Wildman–Crippen LogP) is 5.84. The smallest absolute Gasteiger partial charge is 0.254 e. The van der Waals surface area contributed by atoms with Gasteiger partial charge >= 0.3 is 0 Å². The quantitative estimate of drug-likeness (QED) is 0.206. The van der Waals surface area contributed by atoms with Gasteiger partial charge in [-0.15, -0.1) is 0 Å². The van der Waals surface area contributed by atoms with Crippen LogP contribution in [0, 0.1) is 19.3 Å². The van der Waals surface area contributed by atoms with Crippen molar-refractivity contribution in [1.82, 2.24) is 25.1 Å². The standard InChI is InChI=1S/C35H43N7O3/c1-6-30(29-11-15-36-33(23(29)2)37-18-25-7-9-28(44-4)17-31(25)45-5)40-34(43)27-19-38-42(21-27)20-26-8-10-32(39-24(26)3)41-16-14-35(22-41)12-13-35/h7-11,15,17,19,21,30H,6,12-14,16,18,20,22H2,1-5H3,(H,36,37)(H,40,43)/t30-/m1/s1. The Hall–Kier alpha value is -4.60. The number of hydrogen-bond acceptors (Lipinski definition) is 8. The van der Waals surface area contributed by atoms with E-state index in [2.05, 4.69) is 51.6 Å². The van der Waals surface area contributed by atoms with Gasteiger partial charge in [0.1, 0.15) is 23.1 Å². The van der Waals surface area contributed by atoms with Crippen molar-refractivity contribution in [2.45, 2.75) is 65.6 Å². The van der Waals surface area contributed by atoms with Gasteiger partial charge in [0.2, 0.25) is 0 Å². The zero-order valence-electron chi connectivity index (χ0n) is 26.9. The summed E-state index contributed by atoms with van der Waals surface area (Å²) in [5, 5.41) is 11.1. The minimum atomic E-state index is -0.181. The van der Waals surface area contributed by atoms with Crippen molar-refractivity contribution in [2.24, 2.45) is 5.41 Å². The Bertz CT molecular complexity index is 1680. The summed E-state index contributed by atoms with van der Waals surface area (Å²) in [5.74, 6) is 3.15. The molecular formula is C35H43N7O3. The highest BCUT2D eigenvalue weighted by molar-refractivity contribution is 5.94. The molecule has 1 saturated carbocycles. The van der Waals surface area contributed by atoms with E-state index < -0.39 is 0 Å². The molecule has 1 aliphatic heterocycles. The first-order chi connectivity index (χ1) is 21.8. The number of amides is 1. The van der Waals surface area contributed by atoms with Crippen molar-refractivity contribution < 1.29 is 14.3 Å². The fourth-order valence-corrected chi connectivity index (χ4v) is 6.30. The van der Waals surface area contributed by atoms with Gasteiger partial charge in [0, 0.05) is 49.4 Å². The molecule has 1 amide bonds. The van der Waals surface area contributed by atoms with Crippen molar-refractivity contribution in [3.63, 3.8) is 0 Å². The van der Waals surface area contributed by atoms with E-state index in [1.807, 2.05) is 35.9 Å². The second-order valence-corrected chi connectivity index (χ2v) is 12.4. The number of nitrogens with zero attached hydrogens (tertiary/aromatic N) is 5. The van der Waals surface area contributed by atoms with Crippen LogP contribution in [0.25, 0.3) is 0 Å². The SMILES string of the molecule is CC[C@@H](NC(=O)c1cnn(Cc2ccc(N3CCC4(CC4)C3)nc2C)c1)c1ccnc(NCc2ccc(OC)cc2OC)c1C. The Morgan fingerprint density at radius 3 is 2.60 bits per heavy atom. The summed E-state index contributed by atoms with van der Waals surface area (Å²) in [4.78, 5) is 25.3. The third-order valence-electron chi connectivity index (χ3n) is 9.40. The molecule has 4 aromatic rings. The molecule has 10 nitrogen and oxygen atoms in total. The van der Waals surface area contributed by atoms with Gasteiger partial charge in [-0.1, -0.05) is 13.0 Å². The van der Waals surface area contributed by atoms with Crippen molar-refractivity contribution in [1.29, 1.82) is 0 Å². The predicted molar refractivity (Wildman–Crippen MR) is 175 cm³/mol. The molecule has 0 bridgehead atoms. The summed E-state index contributed by atoms with van der Waals surface area (Å²) in [6.45, 7) is 9.46. The molecule has 1 saturated heterocycles. The number of aromatic nitrogens is 4. The van der Waals surface area contributed by atoms with Crippen LogP contribution in [0.3, 0.4) is 0 Å². The lowest BCUT2D eigenvalue weighted by Gasteiger charge is -2.21. The van der Waals surface area contributed by atoms with Crippen molar-refractivity contribution >= 4 is 17.5 Å². The summed E-state index contributed by atoms with van der Waals surface area (Å²) in [6.07, 6.45) is 9.94. The van der Waals surface area contributed by atoms with E-state index in [0.717, 1.165) is 70.6 Å². The number of benzene rings is 1. The minimum Gasteiger partial charge on any atom is -0.497 e. The van der Waals surface area contributed by atoms with Crippen LogP contribution in [0.4, 0.5) is 11.6 Å². The van der Waals surface area contributed by atoms with Crippen LogP contribution in [0.1, 0.15) is 77.0 Å². The van der Waals surface area contributed by atoms with Crippen LogP contribution in [0.15, 0.2) is 55.0 Å². The Balaban J connectivity index is 1.09. The maximum atomic E-state index is 13.4. The molecule has 2 aliphatic rings. The van der Waals surface area contributed by atoms with Crippen molar-refractivity contribution in [2.75, 3.05) is 37.5 Å². The zero-order chi connectivity index (χ0) is 31.6. The molecule has 3 aromatic heterocycles. The lowest BCUT2D eigenvalue weighted by Crippen LogP contribution is -2.28. The van der Waals surface area contributed by atoms with Gasteiger partial charge in [0.25, 0.3) is 5.91 Å². The molecule has 2 N–H and O–H groups in total. The zero-order valence-corrected chi connectivity index (χ0v) is 26.9. The maximum Gasteiger partial charge on any atom is 0.254 e. The molecule has 0 radical (unpaired) electrons. The van der Waals surface area contributed by atoms with Gasteiger partial charge in [0.15, 0.2) is 0 Å². The first kappa shape index (κ1) is 30.4. The average Bonchev–Trinajstić information content (AvgIpc) is 3.43. The number of nitrogens with one attached hydrogen (secondary N) is 2. The van der Waals surface area contributed by atoms with E-state index >= 15 is 0 Å². The number of carbonyl (C=O) groups is 1. The van der Waals surface area contributed by atoms with Crippen LogP contribution in [-0.2, 0) is 13.1 Å². The fraction of sp³-hybridized carbons (Fsp3) is 0.429. The van der Waals surface area contributed by atoms with E-state index in [1.54, 1.807) is 32.8 Å². The van der Waals surface area contributed by atoms with E-state index in [0.29, 0.717) is 24.1 Å². The van der Waals surface area contributed by atoms with Gasteiger partial charge in [-0.05, 0) is 85.9 Å². The molecule has 1 aromatic carbocycles. The molecule has 0 unspecified atom stereocenters. The van der Waals surface area contributed by atoms with Gasteiger partial charge in [0.05, 0.1) is 38.6 Å². The normalized spacial score (nSPS) is 15.6. The number of hydrogen-bond donors (Lipinski definition) is 2. The Labute approximate surface area is 265 Å². The molecule has 1 spiro atoms. The number of aryl methyl sites for hydroxylation is 1. The highest BCUT2D eigenvalue weighted by Crippen LogP contribution is 2.53. The lowest BCUT2D eigenvalue weighted by molar-refractivity contribution is 0.0935. The van der Waals surface area contributed by atoms with Gasteiger partial charge in [-0.3, -0.25) is 9.48 Å². The summed E-state index contributed by atoms with van der Waals surface area (Å²) in [5.41, 5.74) is 6.19. The largest absolute Gasteiger partial charge is 0.497 e. The fourth-order valence-electron chi connectivity index (χ4n) is 6.30. The van der Waals surface area contributed by atoms with Crippen molar-refractivity contribution in [3.8, 4) is 11.5 Å². The number of ether oxygens (including phenoxy) is 2. The summed E-state index contributed by atoms with van der Waals surface area (Å²) in [7, 11) is 3.28. The van der Waals surface area contributed by atoms with Crippen LogP contribution in [0.2, 0.25) is 0 Å². The van der Waals surface area contributed by atoms with E-state index in [9.17, 15) is 4.79 Å². The summed E-state index contributed by atoms with van der Waals surface area (Å²) in [6, 6.07) is 11.8. The van der Waals surface area contributed by atoms with E-state index in [1.165, 1.54) is 19.3 Å².